The first-order chi connectivity index (χ1) is 7.18. The molecule has 4 N–H and O–H groups in total. The van der Waals surface area contributed by atoms with E-state index in [0.717, 1.165) is 25.6 Å². The molecule has 0 aromatic carbocycles. The largest absolute Gasteiger partial charge is 0.396 e. The van der Waals surface area contributed by atoms with Gasteiger partial charge in [0.25, 0.3) is 0 Å². The molecule has 1 atom stereocenters. The van der Waals surface area contributed by atoms with Crippen LogP contribution in [0.4, 0.5) is 17.3 Å². The van der Waals surface area contributed by atoms with Crippen molar-refractivity contribution in [1.82, 2.24) is 4.98 Å². The number of hydrogen-bond donors (Lipinski definition) is 2. The van der Waals surface area contributed by atoms with Gasteiger partial charge in [-0.25, -0.2) is 4.98 Å². The molecule has 0 saturated carbocycles. The minimum atomic E-state index is 0.328. The Labute approximate surface area is 89.0 Å². The molecule has 1 aromatic rings. The van der Waals surface area contributed by atoms with Crippen LogP contribution in [-0.4, -0.2) is 30.8 Å². The molecule has 2 rings (SSSR count). The predicted octanol–water partition coefficient (Wildman–Crippen LogP) is 0.471. The zero-order valence-electron chi connectivity index (χ0n) is 8.81. The first-order valence-corrected chi connectivity index (χ1v) is 5.05. The van der Waals surface area contributed by atoms with Gasteiger partial charge in [-0.1, -0.05) is 0 Å². The van der Waals surface area contributed by atoms with E-state index in [4.69, 9.17) is 16.2 Å². The van der Waals surface area contributed by atoms with Crippen molar-refractivity contribution in [3.63, 3.8) is 0 Å². The number of rotatable bonds is 1. The maximum atomic E-state index is 5.68. The molecule has 5 heteroatoms. The van der Waals surface area contributed by atoms with Crippen LogP contribution in [0, 0.1) is 0 Å². The highest BCUT2D eigenvalue weighted by Gasteiger charge is 2.20. The van der Waals surface area contributed by atoms with Gasteiger partial charge in [0, 0.05) is 6.54 Å². The Morgan fingerprint density at radius 2 is 2.27 bits per heavy atom. The summed E-state index contributed by atoms with van der Waals surface area (Å²) in [7, 11) is 0. The third-order valence-electron chi connectivity index (χ3n) is 2.60. The SMILES string of the molecule is CC1COCCN1c1ccc(N)c(N)n1. The molecule has 0 bridgehead atoms. The molecule has 0 aliphatic carbocycles. The summed E-state index contributed by atoms with van der Waals surface area (Å²) in [5, 5.41) is 0. The molecular formula is C10H16N4O. The zero-order chi connectivity index (χ0) is 10.8. The highest BCUT2D eigenvalue weighted by atomic mass is 16.5. The van der Waals surface area contributed by atoms with Gasteiger partial charge in [0.15, 0.2) is 0 Å². The van der Waals surface area contributed by atoms with E-state index in [1.165, 1.54) is 0 Å². The molecule has 82 valence electrons. The summed E-state index contributed by atoms with van der Waals surface area (Å²) < 4.78 is 5.36. The van der Waals surface area contributed by atoms with E-state index < -0.39 is 0 Å². The molecule has 1 aromatic heterocycles. The summed E-state index contributed by atoms with van der Waals surface area (Å²) >= 11 is 0. The Bertz CT molecular complexity index is 355. The number of hydrogen-bond acceptors (Lipinski definition) is 5. The van der Waals surface area contributed by atoms with Crippen molar-refractivity contribution in [1.29, 1.82) is 0 Å². The normalized spacial score (nSPS) is 21.7. The lowest BCUT2D eigenvalue weighted by molar-refractivity contribution is 0.0985. The smallest absolute Gasteiger partial charge is 0.149 e. The summed E-state index contributed by atoms with van der Waals surface area (Å²) in [5.74, 6) is 1.27. The molecule has 1 aliphatic heterocycles. The Balaban J connectivity index is 2.24. The van der Waals surface area contributed by atoms with E-state index in [-0.39, 0.29) is 0 Å². The van der Waals surface area contributed by atoms with Gasteiger partial charge in [0.1, 0.15) is 11.6 Å². The summed E-state index contributed by atoms with van der Waals surface area (Å²) in [6, 6.07) is 4.02. The lowest BCUT2D eigenvalue weighted by atomic mass is 10.2. The van der Waals surface area contributed by atoms with Crippen LogP contribution in [0.1, 0.15) is 6.92 Å². The Morgan fingerprint density at radius 1 is 1.47 bits per heavy atom. The van der Waals surface area contributed by atoms with E-state index in [0.29, 0.717) is 17.5 Å². The molecule has 15 heavy (non-hydrogen) atoms. The zero-order valence-corrected chi connectivity index (χ0v) is 8.81. The molecule has 0 radical (unpaired) electrons. The van der Waals surface area contributed by atoms with E-state index in [1.807, 2.05) is 6.07 Å². The van der Waals surface area contributed by atoms with Gasteiger partial charge in [-0.3, -0.25) is 0 Å². The summed E-state index contributed by atoms with van der Waals surface area (Å²) in [6.07, 6.45) is 0. The molecule has 2 heterocycles. The lowest BCUT2D eigenvalue weighted by Gasteiger charge is -2.34. The second-order valence-corrected chi connectivity index (χ2v) is 3.76. The van der Waals surface area contributed by atoms with Crippen LogP contribution in [0.15, 0.2) is 12.1 Å². The highest BCUT2D eigenvalue weighted by molar-refractivity contribution is 5.62. The van der Waals surface area contributed by atoms with Crippen LogP contribution in [0.5, 0.6) is 0 Å². The average Bonchev–Trinajstić information content (AvgIpc) is 2.23. The quantitative estimate of drug-likeness (QED) is 0.701. The number of ether oxygens (including phenoxy) is 1. The lowest BCUT2D eigenvalue weighted by Crippen LogP contribution is -2.44. The van der Waals surface area contributed by atoms with Crippen molar-refractivity contribution in [3.8, 4) is 0 Å². The molecule has 1 unspecified atom stereocenters. The van der Waals surface area contributed by atoms with Crippen molar-refractivity contribution in [2.24, 2.45) is 0 Å². The Hall–Kier alpha value is -1.49. The number of nitrogen functional groups attached to an aromatic ring is 2. The van der Waals surface area contributed by atoms with Gasteiger partial charge in [-0.05, 0) is 19.1 Å². The molecule has 5 nitrogen and oxygen atoms in total. The third kappa shape index (κ3) is 1.97. The van der Waals surface area contributed by atoms with E-state index in [9.17, 15) is 0 Å². The number of anilines is 3. The molecular weight excluding hydrogens is 192 g/mol. The van der Waals surface area contributed by atoms with Crippen LogP contribution in [0.2, 0.25) is 0 Å². The van der Waals surface area contributed by atoms with Crippen molar-refractivity contribution >= 4 is 17.3 Å². The molecule has 1 saturated heterocycles. The number of morpholine rings is 1. The fraction of sp³-hybridized carbons (Fsp3) is 0.500. The monoisotopic (exact) mass is 208 g/mol. The number of pyridine rings is 1. The Morgan fingerprint density at radius 3 is 2.93 bits per heavy atom. The van der Waals surface area contributed by atoms with Gasteiger partial charge in [0.05, 0.1) is 24.9 Å². The minimum Gasteiger partial charge on any atom is -0.396 e. The van der Waals surface area contributed by atoms with Crippen LogP contribution >= 0.6 is 0 Å². The first-order valence-electron chi connectivity index (χ1n) is 5.05. The standard InChI is InChI=1S/C10H16N4O/c1-7-6-15-5-4-14(7)9-3-2-8(11)10(12)13-9/h2-3,7H,4-6,11H2,1H3,(H2,12,13). The van der Waals surface area contributed by atoms with Gasteiger partial charge in [0.2, 0.25) is 0 Å². The maximum absolute atomic E-state index is 5.68. The minimum absolute atomic E-state index is 0.328. The van der Waals surface area contributed by atoms with E-state index >= 15 is 0 Å². The van der Waals surface area contributed by atoms with Gasteiger partial charge in [-0.15, -0.1) is 0 Å². The van der Waals surface area contributed by atoms with Crippen molar-refractivity contribution in [2.45, 2.75) is 13.0 Å². The predicted molar refractivity (Wildman–Crippen MR) is 60.7 cm³/mol. The van der Waals surface area contributed by atoms with E-state index in [1.54, 1.807) is 6.07 Å². The summed E-state index contributed by atoms with van der Waals surface area (Å²) in [4.78, 5) is 6.45. The molecule has 1 aliphatic rings. The fourth-order valence-corrected chi connectivity index (χ4v) is 1.70. The van der Waals surface area contributed by atoms with Crippen molar-refractivity contribution < 1.29 is 4.74 Å². The van der Waals surface area contributed by atoms with Crippen molar-refractivity contribution in [3.05, 3.63) is 12.1 Å². The molecule has 0 spiro atoms. The third-order valence-corrected chi connectivity index (χ3v) is 2.60. The Kier molecular flexibility index (Phi) is 2.64. The van der Waals surface area contributed by atoms with E-state index in [2.05, 4.69) is 16.8 Å². The maximum Gasteiger partial charge on any atom is 0.149 e. The fourth-order valence-electron chi connectivity index (χ4n) is 1.70. The first kappa shape index (κ1) is 10.0. The summed E-state index contributed by atoms with van der Waals surface area (Å²) in [6.45, 7) is 4.41. The van der Waals surface area contributed by atoms with Crippen LogP contribution in [-0.2, 0) is 4.74 Å². The van der Waals surface area contributed by atoms with Gasteiger partial charge >= 0.3 is 0 Å². The average molecular weight is 208 g/mol. The second kappa shape index (κ2) is 3.94. The van der Waals surface area contributed by atoms with Crippen LogP contribution < -0.4 is 16.4 Å². The van der Waals surface area contributed by atoms with Gasteiger partial charge in [-0.2, -0.15) is 0 Å². The molecule has 1 fully saturated rings. The summed E-state index contributed by atoms with van der Waals surface area (Å²) in [5.41, 5.74) is 11.8. The number of aromatic nitrogens is 1. The van der Waals surface area contributed by atoms with Crippen LogP contribution in [0.25, 0.3) is 0 Å². The number of nitrogens with zero attached hydrogens (tertiary/aromatic N) is 2. The van der Waals surface area contributed by atoms with Gasteiger partial charge < -0.3 is 21.1 Å². The highest BCUT2D eigenvalue weighted by Crippen LogP contribution is 2.21. The van der Waals surface area contributed by atoms with Crippen molar-refractivity contribution in [2.75, 3.05) is 36.1 Å². The topological polar surface area (TPSA) is 77.4 Å². The second-order valence-electron chi connectivity index (χ2n) is 3.76. The number of nitrogens with two attached hydrogens (primary N) is 2. The van der Waals surface area contributed by atoms with Crippen LogP contribution in [0.3, 0.4) is 0 Å². The molecule has 0 amide bonds.